The van der Waals surface area contributed by atoms with Gasteiger partial charge in [-0.05, 0) is 31.7 Å². The van der Waals surface area contributed by atoms with E-state index in [0.717, 1.165) is 5.56 Å². The van der Waals surface area contributed by atoms with E-state index >= 15 is 0 Å². The lowest BCUT2D eigenvalue weighted by molar-refractivity contribution is -0.131. The van der Waals surface area contributed by atoms with Crippen LogP contribution in [0.5, 0.6) is 0 Å². The maximum absolute atomic E-state index is 12.3. The van der Waals surface area contributed by atoms with Crippen molar-refractivity contribution in [1.29, 1.82) is 0 Å². The van der Waals surface area contributed by atoms with E-state index in [0.29, 0.717) is 25.7 Å². The molecule has 5 atom stereocenters. The first kappa shape index (κ1) is 24.5. The minimum atomic E-state index is -0.990. The molecule has 0 aliphatic carbocycles. The Morgan fingerprint density at radius 3 is 2.48 bits per heavy atom. The van der Waals surface area contributed by atoms with Crippen LogP contribution < -0.4 is 21.3 Å². The molecule has 0 aromatic heterocycles. The average Bonchev–Trinajstić information content (AvgIpc) is 3.16. The molecule has 10 heteroatoms. The van der Waals surface area contributed by atoms with E-state index in [1.807, 2.05) is 30.3 Å². The molecular weight excluding hydrogens is 419 g/mol. The Kier molecular flexibility index (Phi) is 9.59. The second-order valence-corrected chi connectivity index (χ2v) is 8.19. The van der Waals surface area contributed by atoms with E-state index in [4.69, 9.17) is 0 Å². The summed E-state index contributed by atoms with van der Waals surface area (Å²) in [7, 11) is 2.19. The predicted octanol–water partition coefficient (Wildman–Crippen LogP) is -0.349. The zero-order chi connectivity index (χ0) is 22.8. The van der Waals surface area contributed by atoms with Crippen LogP contribution in [0.25, 0.3) is 0 Å². The van der Waals surface area contributed by atoms with Gasteiger partial charge in [-0.15, -0.1) is 9.24 Å². The molecule has 4 N–H and O–H groups in total. The number of hydrogen-bond acceptors (Lipinski definition) is 5. The quantitative estimate of drug-likeness (QED) is 0.271. The summed E-state index contributed by atoms with van der Waals surface area (Å²) in [5.74, 6) is -2.81. The third-order valence-electron chi connectivity index (χ3n) is 5.03. The highest BCUT2D eigenvalue weighted by Gasteiger charge is 2.29. The summed E-state index contributed by atoms with van der Waals surface area (Å²) in [5, 5.41) is 10.3. The second kappa shape index (κ2) is 12.2. The number of benzene rings is 1. The largest absolute Gasteiger partial charge is 0.356 e. The van der Waals surface area contributed by atoms with Crippen LogP contribution in [0.1, 0.15) is 31.7 Å². The molecule has 2 rings (SSSR count). The summed E-state index contributed by atoms with van der Waals surface area (Å²) in [6.07, 6.45) is 2.20. The number of carbonyl (C=O) groups is 5. The van der Waals surface area contributed by atoms with Gasteiger partial charge in [0.05, 0.1) is 6.04 Å². The lowest BCUT2D eigenvalue weighted by Gasteiger charge is -2.21. The minimum Gasteiger partial charge on any atom is -0.356 e. The Labute approximate surface area is 183 Å². The molecule has 4 amide bonds. The lowest BCUT2D eigenvalue weighted by atomic mass is 9.99. The molecule has 1 heterocycles. The molecule has 1 fully saturated rings. The molecule has 0 spiro atoms. The van der Waals surface area contributed by atoms with Gasteiger partial charge in [-0.3, -0.25) is 19.2 Å². The molecule has 1 aliphatic heterocycles. The summed E-state index contributed by atoms with van der Waals surface area (Å²) in [4.78, 5) is 59.6. The predicted molar refractivity (Wildman–Crippen MR) is 118 cm³/mol. The summed E-state index contributed by atoms with van der Waals surface area (Å²) < 4.78 is 0. The topological polar surface area (TPSA) is 133 Å². The van der Waals surface area contributed by atoms with Crippen LogP contribution in [0.2, 0.25) is 0 Å². The fourth-order valence-electron chi connectivity index (χ4n) is 3.22. The van der Waals surface area contributed by atoms with Gasteiger partial charge >= 0.3 is 0 Å². The van der Waals surface area contributed by atoms with Crippen molar-refractivity contribution in [2.45, 2.75) is 50.5 Å². The average molecular weight is 448 g/mol. The lowest BCUT2D eigenvalue weighted by Crippen LogP contribution is -2.52. The van der Waals surface area contributed by atoms with Crippen LogP contribution in [0.3, 0.4) is 0 Å². The van der Waals surface area contributed by atoms with Crippen LogP contribution in [0, 0.1) is 5.92 Å². The van der Waals surface area contributed by atoms with Gasteiger partial charge in [-0.1, -0.05) is 30.3 Å². The molecule has 1 aromatic rings. The van der Waals surface area contributed by atoms with E-state index < -0.39 is 29.7 Å². The Balaban J connectivity index is 1.74. The summed E-state index contributed by atoms with van der Waals surface area (Å²) >= 11 is 0. The van der Waals surface area contributed by atoms with Crippen LogP contribution in [-0.4, -0.2) is 54.3 Å². The molecule has 9 nitrogen and oxygen atoms in total. The highest BCUT2D eigenvalue weighted by molar-refractivity contribution is 7.19. The van der Waals surface area contributed by atoms with E-state index in [1.165, 1.54) is 6.92 Å². The van der Waals surface area contributed by atoms with E-state index in [2.05, 4.69) is 30.5 Å². The monoisotopic (exact) mass is 448 g/mol. The molecular formula is C21H29N4O5P. The van der Waals surface area contributed by atoms with Crippen molar-refractivity contribution in [3.05, 3.63) is 35.9 Å². The third-order valence-corrected chi connectivity index (χ3v) is 5.50. The van der Waals surface area contributed by atoms with Gasteiger partial charge in [0.15, 0.2) is 0 Å². The number of hydrogen-bond donors (Lipinski definition) is 4. The number of amides is 4. The van der Waals surface area contributed by atoms with Crippen molar-refractivity contribution in [1.82, 2.24) is 21.3 Å². The first-order chi connectivity index (χ1) is 14.8. The first-order valence-electron chi connectivity index (χ1n) is 10.2. The van der Waals surface area contributed by atoms with Crippen molar-refractivity contribution in [3.63, 3.8) is 0 Å². The first-order valence-corrected chi connectivity index (χ1v) is 10.9. The van der Waals surface area contributed by atoms with Gasteiger partial charge in [0.25, 0.3) is 0 Å². The molecule has 1 aromatic carbocycles. The van der Waals surface area contributed by atoms with E-state index in [9.17, 15) is 24.0 Å². The number of nitrogens with one attached hydrogen (secondary N) is 4. The van der Waals surface area contributed by atoms with Gasteiger partial charge < -0.3 is 26.1 Å². The molecule has 0 saturated carbocycles. The van der Waals surface area contributed by atoms with Crippen LogP contribution in [-0.2, 0) is 30.4 Å². The SMILES string of the molecule is C[C@H](NC(=O)CCc1ccccc1)C(=O)N[C@@H](P)C(=O)N[C@H](C=O)C[C@@H]1CCNC1=O. The smallest absolute Gasteiger partial charge is 0.247 e. The zero-order valence-electron chi connectivity index (χ0n) is 17.4. The maximum atomic E-state index is 12.3. The molecule has 31 heavy (non-hydrogen) atoms. The highest BCUT2D eigenvalue weighted by Crippen LogP contribution is 2.15. The van der Waals surface area contributed by atoms with E-state index in [-0.39, 0.29) is 30.6 Å². The van der Waals surface area contributed by atoms with Crippen molar-refractivity contribution in [2.75, 3.05) is 6.54 Å². The summed E-state index contributed by atoms with van der Waals surface area (Å²) in [6, 6.07) is 7.88. The second-order valence-electron chi connectivity index (χ2n) is 7.52. The summed E-state index contributed by atoms with van der Waals surface area (Å²) in [6.45, 7) is 2.08. The number of rotatable bonds is 11. The molecule has 0 radical (unpaired) electrons. The van der Waals surface area contributed by atoms with Gasteiger partial charge in [-0.25, -0.2) is 0 Å². The van der Waals surface area contributed by atoms with Crippen LogP contribution >= 0.6 is 9.24 Å². The Morgan fingerprint density at radius 1 is 1.16 bits per heavy atom. The van der Waals surface area contributed by atoms with Crippen LogP contribution in [0.15, 0.2) is 30.3 Å². The fourth-order valence-corrected chi connectivity index (χ4v) is 3.48. The molecule has 1 unspecified atom stereocenters. The Morgan fingerprint density at radius 2 is 1.87 bits per heavy atom. The number of aldehydes is 1. The van der Waals surface area contributed by atoms with Crippen molar-refractivity contribution in [2.24, 2.45) is 5.92 Å². The fraction of sp³-hybridized carbons (Fsp3) is 0.476. The standard InChI is InChI=1S/C21H29N4O5P/c1-13(23-17(27)8-7-14-5-3-2-4-6-14)18(28)25-21(31)20(30)24-16(12-26)11-15-9-10-22-19(15)29/h2-6,12-13,15-16,21H,7-11,31H2,1H3,(H,22,29)(H,23,27)(H,24,30)(H,25,28)/t13-,15-,16-,21-/m0/s1. The Hall–Kier alpha value is -2.80. The number of aryl methyl sites for hydroxylation is 1. The zero-order valence-corrected chi connectivity index (χ0v) is 18.6. The van der Waals surface area contributed by atoms with E-state index in [1.54, 1.807) is 0 Å². The molecule has 1 aliphatic rings. The molecule has 0 bridgehead atoms. The normalized spacial score (nSPS) is 18.3. The van der Waals surface area contributed by atoms with Crippen LogP contribution in [0.4, 0.5) is 0 Å². The molecule has 1 saturated heterocycles. The minimum absolute atomic E-state index is 0.131. The van der Waals surface area contributed by atoms with Gasteiger partial charge in [0.1, 0.15) is 18.1 Å². The maximum Gasteiger partial charge on any atom is 0.247 e. The van der Waals surface area contributed by atoms with Crippen molar-refractivity contribution < 1.29 is 24.0 Å². The third kappa shape index (κ3) is 8.09. The van der Waals surface area contributed by atoms with Gasteiger partial charge in [-0.2, -0.15) is 0 Å². The number of carbonyl (C=O) groups excluding carboxylic acids is 5. The van der Waals surface area contributed by atoms with Gasteiger partial charge in [0.2, 0.25) is 23.6 Å². The molecule has 168 valence electrons. The highest BCUT2D eigenvalue weighted by atomic mass is 31.0. The Bertz CT molecular complexity index is 804. The van der Waals surface area contributed by atoms with Crippen molar-refractivity contribution in [3.8, 4) is 0 Å². The van der Waals surface area contributed by atoms with Gasteiger partial charge in [0, 0.05) is 18.9 Å². The summed E-state index contributed by atoms with van der Waals surface area (Å²) in [5.41, 5.74) is 1.02. The van der Waals surface area contributed by atoms with Crippen molar-refractivity contribution >= 4 is 39.2 Å².